The molecule has 7 heteroatoms. The van der Waals surface area contributed by atoms with E-state index in [9.17, 15) is 14.4 Å². The van der Waals surface area contributed by atoms with E-state index in [-0.39, 0.29) is 17.2 Å². The van der Waals surface area contributed by atoms with Crippen molar-refractivity contribution < 1.29 is 9.59 Å². The Morgan fingerprint density at radius 1 is 1.24 bits per heavy atom. The number of benzene rings is 2. The van der Waals surface area contributed by atoms with Crippen molar-refractivity contribution in [3.63, 3.8) is 0 Å². The van der Waals surface area contributed by atoms with Gasteiger partial charge in [-0.05, 0) is 38.1 Å². The maximum atomic E-state index is 12.8. The van der Waals surface area contributed by atoms with E-state index in [1.807, 2.05) is 6.07 Å². The SMILES string of the molecule is C=CCn1c(SC(C)C(=O)Nc2cccc(C(C)=O)c2)nc2ccccc2c1=O. The largest absolute Gasteiger partial charge is 0.325 e. The number of allylic oxidation sites excluding steroid dienone is 1. The van der Waals surface area contributed by atoms with Gasteiger partial charge < -0.3 is 5.32 Å². The van der Waals surface area contributed by atoms with Gasteiger partial charge in [-0.3, -0.25) is 19.0 Å². The maximum Gasteiger partial charge on any atom is 0.262 e. The number of Topliss-reactive ketones (excluding diaryl/α,β-unsaturated/α-hetero) is 1. The summed E-state index contributed by atoms with van der Waals surface area (Å²) < 4.78 is 1.51. The molecule has 6 nitrogen and oxygen atoms in total. The molecule has 2 aromatic carbocycles. The average molecular weight is 407 g/mol. The number of amides is 1. The lowest BCUT2D eigenvalue weighted by atomic mass is 10.1. The van der Waals surface area contributed by atoms with Gasteiger partial charge in [-0.15, -0.1) is 6.58 Å². The Bertz CT molecular complexity index is 1150. The maximum absolute atomic E-state index is 12.8. The molecule has 0 saturated heterocycles. The third-order valence-corrected chi connectivity index (χ3v) is 5.42. The van der Waals surface area contributed by atoms with Crippen LogP contribution >= 0.6 is 11.8 Å². The van der Waals surface area contributed by atoms with E-state index >= 15 is 0 Å². The summed E-state index contributed by atoms with van der Waals surface area (Å²) in [7, 11) is 0. The van der Waals surface area contributed by atoms with Crippen LogP contribution in [0.4, 0.5) is 5.69 Å². The predicted molar refractivity (Wildman–Crippen MR) is 117 cm³/mol. The molecule has 0 saturated carbocycles. The Morgan fingerprint density at radius 2 is 2.00 bits per heavy atom. The van der Waals surface area contributed by atoms with Gasteiger partial charge in [0.05, 0.1) is 16.2 Å². The Balaban J connectivity index is 1.86. The fourth-order valence-corrected chi connectivity index (χ4v) is 3.72. The molecule has 1 N–H and O–H groups in total. The summed E-state index contributed by atoms with van der Waals surface area (Å²) in [5.41, 5.74) is 1.49. The molecule has 3 aromatic rings. The number of ketones is 1. The highest BCUT2D eigenvalue weighted by Gasteiger charge is 2.19. The third kappa shape index (κ3) is 4.63. The number of anilines is 1. The van der Waals surface area contributed by atoms with Crippen LogP contribution in [0.2, 0.25) is 0 Å². The normalized spacial score (nSPS) is 11.8. The first-order chi connectivity index (χ1) is 13.9. The number of nitrogens with one attached hydrogen (secondary N) is 1. The van der Waals surface area contributed by atoms with Gasteiger partial charge in [0.1, 0.15) is 0 Å². The van der Waals surface area contributed by atoms with E-state index in [4.69, 9.17) is 0 Å². The first-order valence-electron chi connectivity index (χ1n) is 9.09. The fourth-order valence-electron chi connectivity index (χ4n) is 2.80. The molecule has 0 spiro atoms. The van der Waals surface area contributed by atoms with Crippen molar-refractivity contribution in [3.05, 3.63) is 77.1 Å². The molecular formula is C22H21N3O3S. The third-order valence-electron chi connectivity index (χ3n) is 4.33. The summed E-state index contributed by atoms with van der Waals surface area (Å²) in [5, 5.41) is 3.28. The van der Waals surface area contributed by atoms with Crippen LogP contribution in [0.1, 0.15) is 24.2 Å². The molecule has 1 atom stereocenters. The van der Waals surface area contributed by atoms with Gasteiger partial charge >= 0.3 is 0 Å². The molecule has 1 amide bonds. The minimum atomic E-state index is -0.514. The van der Waals surface area contributed by atoms with Gasteiger partial charge in [0.15, 0.2) is 10.9 Å². The topological polar surface area (TPSA) is 81.1 Å². The van der Waals surface area contributed by atoms with E-state index in [0.29, 0.717) is 33.9 Å². The van der Waals surface area contributed by atoms with E-state index in [1.165, 1.54) is 23.3 Å². The number of hydrogen-bond donors (Lipinski definition) is 1. The van der Waals surface area contributed by atoms with Gasteiger partial charge in [-0.2, -0.15) is 0 Å². The highest BCUT2D eigenvalue weighted by Crippen LogP contribution is 2.24. The Morgan fingerprint density at radius 3 is 2.72 bits per heavy atom. The lowest BCUT2D eigenvalue weighted by molar-refractivity contribution is -0.115. The Kier molecular flexibility index (Phi) is 6.29. The number of fused-ring (bicyclic) bond motifs is 1. The molecule has 0 aliphatic carbocycles. The van der Waals surface area contributed by atoms with Crippen LogP contribution in [0.3, 0.4) is 0 Å². The summed E-state index contributed by atoms with van der Waals surface area (Å²) in [6.45, 7) is 7.23. The summed E-state index contributed by atoms with van der Waals surface area (Å²) in [6.07, 6.45) is 1.62. The smallest absolute Gasteiger partial charge is 0.262 e. The van der Waals surface area contributed by atoms with Crippen molar-refractivity contribution in [2.24, 2.45) is 0 Å². The second-order valence-corrected chi connectivity index (χ2v) is 7.81. The molecule has 0 aliphatic heterocycles. The van der Waals surface area contributed by atoms with Crippen LogP contribution < -0.4 is 10.9 Å². The Hall–Kier alpha value is -3.19. The molecule has 148 valence electrons. The van der Waals surface area contributed by atoms with Gasteiger partial charge in [-0.1, -0.05) is 42.1 Å². The molecule has 3 rings (SSSR count). The van der Waals surface area contributed by atoms with Crippen molar-refractivity contribution in [1.29, 1.82) is 0 Å². The molecule has 1 aromatic heterocycles. The first-order valence-corrected chi connectivity index (χ1v) is 9.97. The molecule has 0 fully saturated rings. The molecule has 0 radical (unpaired) electrons. The lowest BCUT2D eigenvalue weighted by Gasteiger charge is -2.15. The minimum absolute atomic E-state index is 0.0719. The van der Waals surface area contributed by atoms with Crippen molar-refractivity contribution in [3.8, 4) is 0 Å². The van der Waals surface area contributed by atoms with Crippen LogP contribution in [-0.2, 0) is 11.3 Å². The van der Waals surface area contributed by atoms with Crippen molar-refractivity contribution in [1.82, 2.24) is 9.55 Å². The van der Waals surface area contributed by atoms with Crippen molar-refractivity contribution in [2.45, 2.75) is 30.8 Å². The standard InChI is InChI=1S/C22H21N3O3S/c1-4-12-25-21(28)18-10-5-6-11-19(18)24-22(25)29-15(3)20(27)23-17-9-7-8-16(13-17)14(2)26/h4-11,13,15H,1,12H2,2-3H3,(H,23,27). The second-order valence-electron chi connectivity index (χ2n) is 6.50. The molecule has 29 heavy (non-hydrogen) atoms. The molecule has 1 unspecified atom stereocenters. The van der Waals surface area contributed by atoms with E-state index in [1.54, 1.807) is 55.5 Å². The van der Waals surface area contributed by atoms with Crippen LogP contribution in [0.25, 0.3) is 10.9 Å². The summed E-state index contributed by atoms with van der Waals surface area (Å²) in [5.74, 6) is -0.319. The molecule has 0 bridgehead atoms. The second kappa shape index (κ2) is 8.87. The number of hydrogen-bond acceptors (Lipinski definition) is 5. The highest BCUT2D eigenvalue weighted by atomic mass is 32.2. The van der Waals surface area contributed by atoms with Gasteiger partial charge in [-0.25, -0.2) is 4.98 Å². The van der Waals surface area contributed by atoms with E-state index in [0.717, 1.165) is 0 Å². The highest BCUT2D eigenvalue weighted by molar-refractivity contribution is 8.00. The monoisotopic (exact) mass is 407 g/mol. The Labute approximate surface area is 172 Å². The van der Waals surface area contributed by atoms with Gasteiger partial charge in [0.25, 0.3) is 5.56 Å². The number of rotatable bonds is 7. The quantitative estimate of drug-likeness (QED) is 0.278. The van der Waals surface area contributed by atoms with Crippen molar-refractivity contribution >= 4 is 40.0 Å². The number of carbonyl (C=O) groups excluding carboxylic acids is 2. The van der Waals surface area contributed by atoms with Crippen LogP contribution in [0.15, 0.2) is 71.1 Å². The number of para-hydroxylation sites is 1. The van der Waals surface area contributed by atoms with Crippen molar-refractivity contribution in [2.75, 3.05) is 5.32 Å². The number of carbonyl (C=O) groups is 2. The minimum Gasteiger partial charge on any atom is -0.325 e. The summed E-state index contributed by atoms with van der Waals surface area (Å²) in [4.78, 5) is 41.6. The molecule has 1 heterocycles. The zero-order valence-corrected chi connectivity index (χ0v) is 17.0. The summed E-state index contributed by atoms with van der Waals surface area (Å²) >= 11 is 1.20. The molecule has 0 aliphatic rings. The number of thioether (sulfide) groups is 1. The zero-order valence-electron chi connectivity index (χ0n) is 16.2. The zero-order chi connectivity index (χ0) is 21.0. The lowest BCUT2D eigenvalue weighted by Crippen LogP contribution is -2.26. The average Bonchev–Trinajstić information content (AvgIpc) is 2.71. The first kappa shape index (κ1) is 20.5. The number of aromatic nitrogens is 2. The van der Waals surface area contributed by atoms with Crippen LogP contribution in [0, 0.1) is 0 Å². The predicted octanol–water partition coefficient (Wildman–Crippen LogP) is 3.90. The van der Waals surface area contributed by atoms with Gasteiger partial charge in [0, 0.05) is 17.8 Å². The summed E-state index contributed by atoms with van der Waals surface area (Å²) in [6, 6.07) is 13.9. The fraction of sp³-hybridized carbons (Fsp3) is 0.182. The van der Waals surface area contributed by atoms with Crippen LogP contribution in [-0.4, -0.2) is 26.5 Å². The van der Waals surface area contributed by atoms with Crippen LogP contribution in [0.5, 0.6) is 0 Å². The van der Waals surface area contributed by atoms with E-state index in [2.05, 4.69) is 16.9 Å². The van der Waals surface area contributed by atoms with E-state index < -0.39 is 5.25 Å². The number of nitrogens with zero attached hydrogens (tertiary/aromatic N) is 2. The molecular weight excluding hydrogens is 386 g/mol. The van der Waals surface area contributed by atoms with Gasteiger partial charge in [0.2, 0.25) is 5.91 Å².